The summed E-state index contributed by atoms with van der Waals surface area (Å²) >= 11 is 11.0. The smallest absolute Gasteiger partial charge is 0.744 e. The van der Waals surface area contributed by atoms with Crippen molar-refractivity contribution in [1.29, 1.82) is 0 Å². The molecule has 0 radical (unpaired) electrons. The second-order valence-electron chi connectivity index (χ2n) is 2.29. The predicted octanol–water partition coefficient (Wildman–Crippen LogP) is -0.929. The molecule has 0 saturated carbocycles. The van der Waals surface area contributed by atoms with E-state index in [9.17, 15) is 13.0 Å². The van der Waals surface area contributed by atoms with Gasteiger partial charge in [-0.25, -0.2) is 8.42 Å². The van der Waals surface area contributed by atoms with E-state index in [0.717, 1.165) is 0 Å². The van der Waals surface area contributed by atoms with Gasteiger partial charge in [0.05, 0.1) is 4.90 Å². The van der Waals surface area contributed by atoms with Crippen LogP contribution in [0.5, 0.6) is 0 Å². The summed E-state index contributed by atoms with van der Waals surface area (Å²) in [4.78, 5) is -1.38. The first-order valence-electron chi connectivity index (χ1n) is 3.26. The SMILES string of the molecule is O=S(=O)([O-])c1ccccc1C(Cl)Cl.[Na+]. The van der Waals surface area contributed by atoms with E-state index in [4.69, 9.17) is 23.2 Å². The van der Waals surface area contributed by atoms with Crippen molar-refractivity contribution in [2.45, 2.75) is 9.73 Å². The standard InChI is InChI=1S/C7H6Cl2O3S.Na/c8-7(9)5-3-1-2-4-6(5)13(10,11)12;/h1-4,7H,(H,10,11,12);/q;+1/p-1. The van der Waals surface area contributed by atoms with E-state index in [1.54, 1.807) is 6.07 Å². The molecule has 0 heterocycles. The second kappa shape index (κ2) is 5.70. The number of alkyl halides is 2. The van der Waals surface area contributed by atoms with Crippen LogP contribution >= 0.6 is 23.2 Å². The average Bonchev–Trinajstić information content (AvgIpc) is 2.03. The summed E-state index contributed by atoms with van der Waals surface area (Å²) in [5, 5.41) is 0. The predicted molar refractivity (Wildman–Crippen MR) is 48.9 cm³/mol. The maximum atomic E-state index is 10.7. The molecule has 1 aromatic rings. The molecular formula is C7H5Cl2NaO3S. The third-order valence-electron chi connectivity index (χ3n) is 1.42. The van der Waals surface area contributed by atoms with E-state index in [1.807, 2.05) is 0 Å². The van der Waals surface area contributed by atoms with Gasteiger partial charge in [0.25, 0.3) is 0 Å². The molecular weight excluding hydrogens is 258 g/mol. The molecule has 0 amide bonds. The average molecular weight is 263 g/mol. The Hall–Kier alpha value is 0.710. The van der Waals surface area contributed by atoms with Gasteiger partial charge >= 0.3 is 29.6 Å². The minimum atomic E-state index is -4.50. The van der Waals surface area contributed by atoms with Gasteiger partial charge in [0.1, 0.15) is 15.0 Å². The van der Waals surface area contributed by atoms with Crippen LogP contribution in [0.4, 0.5) is 0 Å². The fourth-order valence-corrected chi connectivity index (χ4v) is 2.12. The molecule has 0 aliphatic rings. The summed E-state index contributed by atoms with van der Waals surface area (Å²) in [5.41, 5.74) is 0.112. The number of benzene rings is 1. The molecule has 0 unspecified atom stereocenters. The van der Waals surface area contributed by atoms with Gasteiger partial charge in [0.2, 0.25) is 0 Å². The van der Waals surface area contributed by atoms with Gasteiger partial charge in [-0.3, -0.25) is 0 Å². The van der Waals surface area contributed by atoms with Crippen molar-refractivity contribution in [2.75, 3.05) is 0 Å². The third kappa shape index (κ3) is 3.70. The van der Waals surface area contributed by atoms with Crippen molar-refractivity contribution >= 4 is 33.3 Å². The molecule has 7 heteroatoms. The van der Waals surface area contributed by atoms with Crippen LogP contribution in [0.25, 0.3) is 0 Å². The van der Waals surface area contributed by atoms with Gasteiger partial charge in [-0.05, 0) is 6.07 Å². The molecule has 0 bridgehead atoms. The van der Waals surface area contributed by atoms with Crippen molar-refractivity contribution in [3.05, 3.63) is 29.8 Å². The molecule has 3 nitrogen and oxygen atoms in total. The fourth-order valence-electron chi connectivity index (χ4n) is 0.888. The van der Waals surface area contributed by atoms with Gasteiger partial charge in [0.15, 0.2) is 0 Å². The first-order valence-corrected chi connectivity index (χ1v) is 5.54. The van der Waals surface area contributed by atoms with E-state index in [2.05, 4.69) is 0 Å². The molecule has 0 N–H and O–H groups in total. The maximum Gasteiger partial charge on any atom is 1.00 e. The maximum absolute atomic E-state index is 10.7. The first-order chi connectivity index (χ1) is 5.93. The van der Waals surface area contributed by atoms with Crippen molar-refractivity contribution in [1.82, 2.24) is 0 Å². The Morgan fingerprint density at radius 1 is 1.21 bits per heavy atom. The quantitative estimate of drug-likeness (QED) is 0.393. The Labute approximate surface area is 114 Å². The molecule has 0 spiro atoms. The van der Waals surface area contributed by atoms with Crippen LogP contribution < -0.4 is 29.6 Å². The monoisotopic (exact) mass is 262 g/mol. The van der Waals surface area contributed by atoms with Crippen molar-refractivity contribution in [3.63, 3.8) is 0 Å². The number of hydrogen-bond acceptors (Lipinski definition) is 3. The number of rotatable bonds is 2. The van der Waals surface area contributed by atoms with Gasteiger partial charge in [-0.1, -0.05) is 18.2 Å². The normalized spacial score (nSPS) is 11.1. The molecule has 0 atom stereocenters. The van der Waals surface area contributed by atoms with Gasteiger partial charge in [-0.15, -0.1) is 23.2 Å². The van der Waals surface area contributed by atoms with Crippen LogP contribution in [0.3, 0.4) is 0 Å². The van der Waals surface area contributed by atoms with Crippen LogP contribution in [-0.2, 0) is 10.1 Å². The van der Waals surface area contributed by atoms with Gasteiger partial charge in [-0.2, -0.15) is 0 Å². The van der Waals surface area contributed by atoms with Crippen LogP contribution in [0, 0.1) is 0 Å². The van der Waals surface area contributed by atoms with E-state index in [0.29, 0.717) is 0 Å². The number of halogens is 2. The van der Waals surface area contributed by atoms with Gasteiger partial charge in [0, 0.05) is 5.56 Å². The zero-order valence-corrected chi connectivity index (χ0v) is 11.6. The Morgan fingerprint density at radius 3 is 2.07 bits per heavy atom. The molecule has 0 aliphatic heterocycles. The molecule has 1 aromatic carbocycles. The van der Waals surface area contributed by atoms with E-state index >= 15 is 0 Å². The van der Waals surface area contributed by atoms with Crippen LogP contribution in [0.1, 0.15) is 10.4 Å². The molecule has 72 valence electrons. The summed E-state index contributed by atoms with van der Waals surface area (Å²) in [6.45, 7) is 0. The Morgan fingerprint density at radius 2 is 1.71 bits per heavy atom. The van der Waals surface area contributed by atoms with Crippen molar-refractivity contribution < 1.29 is 42.5 Å². The minimum absolute atomic E-state index is 0. The van der Waals surface area contributed by atoms with E-state index in [-0.39, 0.29) is 40.0 Å². The zero-order chi connectivity index (χ0) is 10.1. The largest absolute Gasteiger partial charge is 1.00 e. The van der Waals surface area contributed by atoms with Gasteiger partial charge < -0.3 is 4.55 Å². The summed E-state index contributed by atoms with van der Waals surface area (Å²) in [6.07, 6.45) is 0. The fraction of sp³-hybridized carbons (Fsp3) is 0.143. The number of hydrogen-bond donors (Lipinski definition) is 0. The van der Waals surface area contributed by atoms with Crippen LogP contribution in [0.15, 0.2) is 29.2 Å². The first kappa shape index (κ1) is 14.7. The Kier molecular flexibility index (Phi) is 5.99. The Bertz CT molecular complexity index is 405. The van der Waals surface area contributed by atoms with Crippen LogP contribution in [0.2, 0.25) is 0 Å². The summed E-state index contributed by atoms with van der Waals surface area (Å²) in [7, 11) is -4.50. The molecule has 0 fully saturated rings. The van der Waals surface area contributed by atoms with E-state index in [1.165, 1.54) is 18.2 Å². The molecule has 0 aromatic heterocycles. The Balaban J connectivity index is 0.00000169. The topological polar surface area (TPSA) is 57.2 Å². The van der Waals surface area contributed by atoms with Crippen molar-refractivity contribution in [3.8, 4) is 0 Å². The summed E-state index contributed by atoms with van der Waals surface area (Å²) in [5.74, 6) is 0. The molecule has 1 rings (SSSR count). The zero-order valence-electron chi connectivity index (χ0n) is 7.28. The van der Waals surface area contributed by atoms with E-state index < -0.39 is 15.0 Å². The minimum Gasteiger partial charge on any atom is -0.744 e. The van der Waals surface area contributed by atoms with Crippen molar-refractivity contribution in [2.24, 2.45) is 0 Å². The molecule has 0 aliphatic carbocycles. The molecule has 0 saturated heterocycles. The summed E-state index contributed by atoms with van der Waals surface area (Å²) in [6, 6.07) is 5.57. The summed E-state index contributed by atoms with van der Waals surface area (Å²) < 4.78 is 32.1. The third-order valence-corrected chi connectivity index (χ3v) is 2.80. The molecule has 14 heavy (non-hydrogen) atoms. The van der Waals surface area contributed by atoms with Crippen LogP contribution in [-0.4, -0.2) is 13.0 Å². The second-order valence-corrected chi connectivity index (χ2v) is 4.74.